The molecule has 2 rings (SSSR count). The molecule has 1 fully saturated rings. The van der Waals surface area contributed by atoms with Gasteiger partial charge in [0.2, 0.25) is 0 Å². The third-order valence-electron chi connectivity index (χ3n) is 4.03. The van der Waals surface area contributed by atoms with Crippen LogP contribution in [0.3, 0.4) is 0 Å². The molecule has 1 aliphatic carbocycles. The number of rotatable bonds is 2. The van der Waals surface area contributed by atoms with Crippen LogP contribution < -0.4 is 0 Å². The van der Waals surface area contributed by atoms with E-state index in [1.54, 1.807) is 13.8 Å². The second kappa shape index (κ2) is 5.47. The molecule has 0 aromatic carbocycles. The Bertz CT molecular complexity index is 627. The minimum absolute atomic E-state index is 0.0871. The predicted molar refractivity (Wildman–Crippen MR) is 77.7 cm³/mol. The molecule has 0 amide bonds. The first kappa shape index (κ1) is 16.1. The van der Waals surface area contributed by atoms with E-state index >= 15 is 0 Å². The fourth-order valence-electron chi connectivity index (χ4n) is 3.05. The van der Waals surface area contributed by atoms with Gasteiger partial charge in [0.25, 0.3) is 0 Å². The summed E-state index contributed by atoms with van der Waals surface area (Å²) in [4.78, 5) is 16.4. The lowest BCUT2D eigenvalue weighted by Crippen LogP contribution is -2.48. The number of hydrogen-bond donors (Lipinski definition) is 0. The highest BCUT2D eigenvalue weighted by Crippen LogP contribution is 2.49. The largest absolute Gasteiger partial charge is 0.372 e. The van der Waals surface area contributed by atoms with Crippen LogP contribution in [0.2, 0.25) is 0 Å². The molecule has 112 valence electrons. The summed E-state index contributed by atoms with van der Waals surface area (Å²) in [7, 11) is 1.53. The van der Waals surface area contributed by atoms with Gasteiger partial charge < -0.3 is 4.74 Å². The van der Waals surface area contributed by atoms with Crippen LogP contribution >= 0.6 is 15.9 Å². The van der Waals surface area contributed by atoms with E-state index in [0.29, 0.717) is 16.6 Å². The van der Waals surface area contributed by atoms with Crippen LogP contribution in [0.5, 0.6) is 0 Å². The Labute approximate surface area is 131 Å². The van der Waals surface area contributed by atoms with Crippen LogP contribution in [0.1, 0.15) is 32.4 Å². The number of pyridine rings is 1. The number of nitriles is 1. The zero-order valence-electron chi connectivity index (χ0n) is 12.1. The second-order valence-corrected chi connectivity index (χ2v) is 6.85. The van der Waals surface area contributed by atoms with E-state index in [-0.39, 0.29) is 12.2 Å². The van der Waals surface area contributed by atoms with E-state index in [0.717, 1.165) is 6.20 Å². The molecule has 0 saturated heterocycles. The number of nitrogens with zero attached hydrogens (tertiary/aromatic N) is 2. The number of hydrogen-bond acceptors (Lipinski definition) is 4. The topological polar surface area (TPSA) is 63.0 Å². The van der Waals surface area contributed by atoms with Crippen LogP contribution in [0.15, 0.2) is 16.7 Å². The Morgan fingerprint density at radius 2 is 2.24 bits per heavy atom. The third-order valence-corrected chi connectivity index (χ3v) is 4.64. The van der Waals surface area contributed by atoms with Crippen LogP contribution in [0.25, 0.3) is 0 Å². The monoisotopic (exact) mass is 354 g/mol. The number of methoxy groups -OCH3 is 1. The second-order valence-electron chi connectivity index (χ2n) is 5.99. The van der Waals surface area contributed by atoms with Crippen molar-refractivity contribution >= 4 is 21.7 Å². The minimum Gasteiger partial charge on any atom is -0.372 e. The number of aromatic nitrogens is 1. The summed E-state index contributed by atoms with van der Waals surface area (Å²) < 4.78 is 19.4. The molecule has 21 heavy (non-hydrogen) atoms. The van der Waals surface area contributed by atoms with Crippen molar-refractivity contribution < 1.29 is 13.9 Å². The van der Waals surface area contributed by atoms with Crippen molar-refractivity contribution in [3.05, 3.63) is 28.2 Å². The van der Waals surface area contributed by atoms with Gasteiger partial charge in [-0.15, -0.1) is 0 Å². The molecule has 2 unspecified atom stereocenters. The van der Waals surface area contributed by atoms with E-state index in [1.807, 2.05) is 0 Å². The van der Waals surface area contributed by atoms with Crippen LogP contribution in [-0.2, 0) is 15.1 Å². The van der Waals surface area contributed by atoms with Crippen molar-refractivity contribution in [2.24, 2.45) is 11.3 Å². The van der Waals surface area contributed by atoms with Gasteiger partial charge in [-0.25, -0.2) is 4.39 Å². The van der Waals surface area contributed by atoms with Gasteiger partial charge in [0.1, 0.15) is 17.3 Å². The van der Waals surface area contributed by atoms with Crippen molar-refractivity contribution in [3.63, 3.8) is 0 Å². The summed E-state index contributed by atoms with van der Waals surface area (Å²) in [5.74, 6) is -1.30. The lowest BCUT2D eigenvalue weighted by molar-refractivity contribution is -0.148. The lowest BCUT2D eigenvalue weighted by atomic mass is 9.63. The molecule has 0 spiro atoms. The number of carbonyl (C=O) groups excluding carboxylic acids is 1. The molecule has 1 aliphatic rings. The fourth-order valence-corrected chi connectivity index (χ4v) is 3.74. The molecular weight excluding hydrogens is 339 g/mol. The minimum atomic E-state index is -0.885. The normalized spacial score (nSPS) is 28.2. The van der Waals surface area contributed by atoms with E-state index in [1.165, 1.54) is 13.2 Å². The average molecular weight is 355 g/mol. The molecular formula is C15H16BrFN2O2. The van der Waals surface area contributed by atoms with Gasteiger partial charge in [-0.3, -0.25) is 9.78 Å². The predicted octanol–water partition coefficient (Wildman–Crippen LogP) is 3.35. The van der Waals surface area contributed by atoms with E-state index < -0.39 is 22.8 Å². The molecule has 1 saturated carbocycles. The summed E-state index contributed by atoms with van der Waals surface area (Å²) in [6.45, 7) is 3.59. The maximum atomic E-state index is 13.3. The lowest BCUT2D eigenvalue weighted by Gasteiger charge is -2.44. The van der Waals surface area contributed by atoms with Gasteiger partial charge in [0.05, 0.1) is 18.0 Å². The quantitative estimate of drug-likeness (QED) is 0.816. The number of ketones is 1. The highest BCUT2D eigenvalue weighted by molar-refractivity contribution is 9.10. The van der Waals surface area contributed by atoms with Crippen molar-refractivity contribution in [2.75, 3.05) is 7.11 Å². The Morgan fingerprint density at radius 3 is 2.76 bits per heavy atom. The third kappa shape index (κ3) is 2.72. The molecule has 0 N–H and O–H groups in total. The standard InChI is InChI=1S/C15H16BrFN2O2/c1-14(2)8-15(21-3,5-9(6-18)13(14)20)12-11(16)4-10(17)7-19-12/h4,7,9H,5,8H2,1-3H3. The first-order valence-corrected chi connectivity index (χ1v) is 7.36. The van der Waals surface area contributed by atoms with Gasteiger partial charge in [-0.05, 0) is 28.4 Å². The van der Waals surface area contributed by atoms with E-state index in [4.69, 9.17) is 4.74 Å². The zero-order valence-corrected chi connectivity index (χ0v) is 13.7. The summed E-state index contributed by atoms with van der Waals surface area (Å²) >= 11 is 3.30. The molecule has 0 radical (unpaired) electrons. The molecule has 2 atom stereocenters. The summed E-state index contributed by atoms with van der Waals surface area (Å²) in [6.07, 6.45) is 1.73. The SMILES string of the molecule is COC1(c2ncc(F)cc2Br)CC(C#N)C(=O)C(C)(C)C1. The van der Waals surface area contributed by atoms with Crippen molar-refractivity contribution in [1.29, 1.82) is 5.26 Å². The summed E-state index contributed by atoms with van der Waals surface area (Å²) in [6, 6.07) is 3.37. The fraction of sp³-hybridized carbons (Fsp3) is 0.533. The molecule has 4 nitrogen and oxygen atoms in total. The molecule has 0 aliphatic heterocycles. The highest BCUT2D eigenvalue weighted by Gasteiger charge is 2.52. The van der Waals surface area contributed by atoms with Crippen LogP contribution in [-0.4, -0.2) is 17.9 Å². The average Bonchev–Trinajstić information content (AvgIpc) is 2.41. The maximum absolute atomic E-state index is 13.3. The van der Waals surface area contributed by atoms with Crippen molar-refractivity contribution in [2.45, 2.75) is 32.3 Å². The molecule has 1 heterocycles. The summed E-state index contributed by atoms with van der Waals surface area (Å²) in [5, 5.41) is 9.26. The van der Waals surface area contributed by atoms with Gasteiger partial charge in [0, 0.05) is 23.4 Å². The van der Waals surface area contributed by atoms with E-state index in [9.17, 15) is 14.4 Å². The van der Waals surface area contributed by atoms with Crippen LogP contribution in [0.4, 0.5) is 4.39 Å². The first-order valence-electron chi connectivity index (χ1n) is 6.56. The van der Waals surface area contributed by atoms with Gasteiger partial charge in [-0.2, -0.15) is 5.26 Å². The van der Waals surface area contributed by atoms with Crippen molar-refractivity contribution in [1.82, 2.24) is 4.98 Å². The van der Waals surface area contributed by atoms with Crippen LogP contribution in [0, 0.1) is 28.5 Å². The molecule has 1 aromatic heterocycles. The number of carbonyl (C=O) groups is 1. The maximum Gasteiger partial charge on any atom is 0.155 e. The zero-order chi connectivity index (χ0) is 15.8. The van der Waals surface area contributed by atoms with Gasteiger partial charge >= 0.3 is 0 Å². The summed E-state index contributed by atoms with van der Waals surface area (Å²) in [5.41, 5.74) is -1.07. The number of ether oxygens (including phenoxy) is 1. The Kier molecular flexibility index (Phi) is 4.18. The Balaban J connectivity index is 2.56. The van der Waals surface area contributed by atoms with Crippen molar-refractivity contribution in [3.8, 4) is 6.07 Å². The first-order chi connectivity index (χ1) is 9.75. The smallest absolute Gasteiger partial charge is 0.155 e. The Hall–Kier alpha value is -1.32. The highest BCUT2D eigenvalue weighted by atomic mass is 79.9. The number of Topliss-reactive ketones (excluding diaryl/α,β-unsaturated/α-hetero) is 1. The van der Waals surface area contributed by atoms with Gasteiger partial charge in [-0.1, -0.05) is 13.8 Å². The molecule has 6 heteroatoms. The number of halogens is 2. The molecule has 1 aromatic rings. The van der Waals surface area contributed by atoms with E-state index in [2.05, 4.69) is 27.0 Å². The molecule has 0 bridgehead atoms. The van der Waals surface area contributed by atoms with Gasteiger partial charge in [0.15, 0.2) is 5.78 Å². The Morgan fingerprint density at radius 1 is 1.57 bits per heavy atom.